The highest BCUT2D eigenvalue weighted by molar-refractivity contribution is 6.34. The number of halogens is 2. The van der Waals surface area contributed by atoms with Crippen LogP contribution in [0.5, 0.6) is 5.75 Å². The first-order valence-electron chi connectivity index (χ1n) is 9.81. The second-order valence-electron chi connectivity index (χ2n) is 7.23. The lowest BCUT2D eigenvalue weighted by atomic mass is 10.1. The van der Waals surface area contributed by atoms with Gasteiger partial charge in [-0.15, -0.1) is 0 Å². The summed E-state index contributed by atoms with van der Waals surface area (Å²) in [6.45, 7) is 2.01. The molecule has 0 bridgehead atoms. The number of hydrogen-bond acceptors (Lipinski definition) is 4. The Kier molecular flexibility index (Phi) is 6.20. The molecule has 0 saturated heterocycles. The van der Waals surface area contributed by atoms with E-state index in [0.717, 1.165) is 17.0 Å². The molecule has 0 amide bonds. The van der Waals surface area contributed by atoms with E-state index in [1.54, 1.807) is 28.8 Å². The standard InChI is InChI=1S/C23H20Cl2N2O4/c24-17-13-18(25)22(28)27(10-9-15-5-7-16(8-6-15)23(29)30)20(17)14-26-11-12-31-21-4-2-1-3-19(21)26/h1-8,13H,9-12,14H2,(H,29,30). The fourth-order valence-corrected chi connectivity index (χ4v) is 4.20. The van der Waals surface area contributed by atoms with Crippen molar-refractivity contribution in [2.45, 2.75) is 19.5 Å². The molecule has 31 heavy (non-hydrogen) atoms. The highest BCUT2D eigenvalue weighted by atomic mass is 35.5. The molecule has 0 radical (unpaired) electrons. The number of pyridine rings is 1. The summed E-state index contributed by atoms with van der Waals surface area (Å²) in [4.78, 5) is 26.0. The summed E-state index contributed by atoms with van der Waals surface area (Å²) in [5.74, 6) is -0.177. The molecule has 0 unspecified atom stereocenters. The third-order valence-corrected chi connectivity index (χ3v) is 5.89. The third kappa shape index (κ3) is 4.55. The average molecular weight is 459 g/mol. The largest absolute Gasteiger partial charge is 0.490 e. The highest BCUT2D eigenvalue weighted by Crippen LogP contribution is 2.33. The minimum atomic E-state index is -0.975. The van der Waals surface area contributed by atoms with Gasteiger partial charge in [0.25, 0.3) is 5.56 Å². The van der Waals surface area contributed by atoms with Crippen molar-refractivity contribution in [1.29, 1.82) is 0 Å². The maximum Gasteiger partial charge on any atom is 0.335 e. The van der Waals surface area contributed by atoms with Crippen molar-refractivity contribution in [3.8, 4) is 5.75 Å². The summed E-state index contributed by atoms with van der Waals surface area (Å²) in [5, 5.41) is 9.55. The van der Waals surface area contributed by atoms with Gasteiger partial charge in [0.1, 0.15) is 17.4 Å². The zero-order chi connectivity index (χ0) is 22.0. The van der Waals surface area contributed by atoms with E-state index < -0.39 is 5.97 Å². The SMILES string of the molecule is O=C(O)c1ccc(CCn2c(CN3CCOc4ccccc43)c(Cl)cc(Cl)c2=O)cc1. The number of carboxylic acids is 1. The Labute approximate surface area is 189 Å². The van der Waals surface area contributed by atoms with E-state index in [2.05, 4.69) is 4.90 Å². The van der Waals surface area contributed by atoms with Gasteiger partial charge in [0.15, 0.2) is 0 Å². The Morgan fingerprint density at radius 3 is 2.55 bits per heavy atom. The maximum atomic E-state index is 12.8. The molecule has 0 spiro atoms. The van der Waals surface area contributed by atoms with Gasteiger partial charge in [0.2, 0.25) is 0 Å². The van der Waals surface area contributed by atoms with Crippen molar-refractivity contribution in [3.05, 3.63) is 91.8 Å². The number of nitrogens with zero attached hydrogens (tertiary/aromatic N) is 2. The van der Waals surface area contributed by atoms with Crippen LogP contribution in [0, 0.1) is 0 Å². The van der Waals surface area contributed by atoms with Gasteiger partial charge in [-0.3, -0.25) is 4.79 Å². The van der Waals surface area contributed by atoms with Crippen LogP contribution in [0.2, 0.25) is 10.0 Å². The number of ether oxygens (including phenoxy) is 1. The van der Waals surface area contributed by atoms with Crippen LogP contribution in [-0.4, -0.2) is 28.8 Å². The quantitative estimate of drug-likeness (QED) is 0.588. The van der Waals surface area contributed by atoms with E-state index in [0.29, 0.717) is 43.4 Å². The molecule has 8 heteroatoms. The second-order valence-corrected chi connectivity index (χ2v) is 8.05. The van der Waals surface area contributed by atoms with Crippen LogP contribution in [0.1, 0.15) is 21.6 Å². The zero-order valence-electron chi connectivity index (χ0n) is 16.6. The van der Waals surface area contributed by atoms with E-state index in [9.17, 15) is 9.59 Å². The van der Waals surface area contributed by atoms with Crippen LogP contribution in [0.15, 0.2) is 59.4 Å². The van der Waals surface area contributed by atoms with Crippen LogP contribution in [-0.2, 0) is 19.5 Å². The van der Waals surface area contributed by atoms with E-state index in [4.69, 9.17) is 33.0 Å². The maximum absolute atomic E-state index is 12.8. The first-order valence-corrected chi connectivity index (χ1v) is 10.6. The molecule has 1 aliphatic heterocycles. The molecule has 0 atom stereocenters. The van der Waals surface area contributed by atoms with E-state index in [-0.39, 0.29) is 16.1 Å². The molecule has 0 saturated carbocycles. The molecule has 160 valence electrons. The minimum absolute atomic E-state index is 0.0670. The zero-order valence-corrected chi connectivity index (χ0v) is 18.1. The van der Waals surface area contributed by atoms with Crippen molar-refractivity contribution in [3.63, 3.8) is 0 Å². The number of para-hydroxylation sites is 2. The Hall–Kier alpha value is -2.96. The molecule has 1 aromatic heterocycles. The summed E-state index contributed by atoms with van der Waals surface area (Å²) in [6, 6.07) is 15.8. The lowest BCUT2D eigenvalue weighted by molar-refractivity contribution is 0.0697. The molecule has 0 aliphatic carbocycles. The average Bonchev–Trinajstić information content (AvgIpc) is 2.77. The lowest BCUT2D eigenvalue weighted by Gasteiger charge is -2.32. The molecule has 3 aromatic rings. The van der Waals surface area contributed by atoms with Crippen molar-refractivity contribution in [1.82, 2.24) is 4.57 Å². The summed E-state index contributed by atoms with van der Waals surface area (Å²) in [6.07, 6.45) is 0.531. The topological polar surface area (TPSA) is 71.8 Å². The summed E-state index contributed by atoms with van der Waals surface area (Å²) >= 11 is 12.7. The Balaban J connectivity index is 1.62. The van der Waals surface area contributed by atoms with Crippen molar-refractivity contribution < 1.29 is 14.6 Å². The fraction of sp³-hybridized carbons (Fsp3) is 0.217. The van der Waals surface area contributed by atoms with Crippen LogP contribution < -0.4 is 15.2 Å². The van der Waals surface area contributed by atoms with Gasteiger partial charge in [-0.1, -0.05) is 47.5 Å². The number of benzene rings is 2. The Bertz CT molecular complexity index is 1180. The number of aryl methyl sites for hydroxylation is 1. The Morgan fingerprint density at radius 1 is 1.06 bits per heavy atom. The van der Waals surface area contributed by atoms with Gasteiger partial charge in [0, 0.05) is 6.54 Å². The number of aromatic carboxylic acids is 1. The number of hydrogen-bond donors (Lipinski definition) is 1. The van der Waals surface area contributed by atoms with Crippen LogP contribution in [0.4, 0.5) is 5.69 Å². The molecule has 1 aliphatic rings. The monoisotopic (exact) mass is 458 g/mol. The predicted octanol–water partition coefficient (Wildman–Crippen LogP) is 4.50. The summed E-state index contributed by atoms with van der Waals surface area (Å²) in [5.41, 5.74) is 2.46. The van der Waals surface area contributed by atoms with E-state index in [1.165, 1.54) is 6.07 Å². The Morgan fingerprint density at radius 2 is 1.81 bits per heavy atom. The van der Waals surface area contributed by atoms with Gasteiger partial charge >= 0.3 is 5.97 Å². The fourth-order valence-electron chi connectivity index (χ4n) is 3.66. The first-order chi connectivity index (χ1) is 14.9. The molecule has 4 rings (SSSR count). The molecule has 6 nitrogen and oxygen atoms in total. The molecular weight excluding hydrogens is 439 g/mol. The van der Waals surface area contributed by atoms with Crippen molar-refractivity contribution in [2.24, 2.45) is 0 Å². The number of fused-ring (bicyclic) bond motifs is 1. The predicted molar refractivity (Wildman–Crippen MR) is 121 cm³/mol. The van der Waals surface area contributed by atoms with E-state index >= 15 is 0 Å². The molecule has 2 aromatic carbocycles. The van der Waals surface area contributed by atoms with Crippen molar-refractivity contribution >= 4 is 34.9 Å². The summed E-state index contributed by atoms with van der Waals surface area (Å²) < 4.78 is 7.33. The second kappa shape index (κ2) is 9.04. The van der Waals surface area contributed by atoms with Crippen LogP contribution in [0.25, 0.3) is 0 Å². The van der Waals surface area contributed by atoms with Crippen molar-refractivity contribution in [2.75, 3.05) is 18.1 Å². The van der Waals surface area contributed by atoms with Gasteiger partial charge in [-0.25, -0.2) is 4.79 Å². The summed E-state index contributed by atoms with van der Waals surface area (Å²) in [7, 11) is 0. The van der Waals surface area contributed by atoms with E-state index in [1.807, 2.05) is 24.3 Å². The first kappa shape index (κ1) is 21.3. The van der Waals surface area contributed by atoms with Gasteiger partial charge in [-0.05, 0) is 42.3 Å². The molecule has 2 heterocycles. The molecular formula is C23H20Cl2N2O4. The number of rotatable bonds is 6. The van der Waals surface area contributed by atoms with Gasteiger partial charge < -0.3 is 19.3 Å². The minimum Gasteiger partial charge on any atom is -0.490 e. The smallest absolute Gasteiger partial charge is 0.335 e. The molecule has 1 N–H and O–H groups in total. The number of carboxylic acid groups (broad SMARTS) is 1. The van der Waals surface area contributed by atoms with Gasteiger partial charge in [-0.2, -0.15) is 0 Å². The number of aromatic nitrogens is 1. The normalized spacial score (nSPS) is 12.9. The number of anilines is 1. The number of carbonyl (C=O) groups is 1. The third-order valence-electron chi connectivity index (χ3n) is 5.29. The lowest BCUT2D eigenvalue weighted by Crippen LogP contribution is -2.35. The van der Waals surface area contributed by atoms with Crippen LogP contribution >= 0.6 is 23.2 Å². The van der Waals surface area contributed by atoms with Gasteiger partial charge in [0.05, 0.1) is 35.1 Å². The van der Waals surface area contributed by atoms with Crippen LogP contribution in [0.3, 0.4) is 0 Å². The highest BCUT2D eigenvalue weighted by Gasteiger charge is 2.21. The molecule has 0 fully saturated rings.